The zero-order valence-corrected chi connectivity index (χ0v) is 20.1. The number of rotatable bonds is 3. The largest absolute Gasteiger partial charge is 0.433 e. The standard InChI is InChI=1S/C23H15BrF3N5OS/c1-11-3-8-15-16(9-11)34-22(30-15)13-4-6-14(7-5-13)29-21(33)19-18(24)20-28-12(2)10-17(23(25,26)27)32(20)31-19/h3-10H,1-2H3,(H,29,33). The molecular formula is C23H15BrF3N5OS. The Morgan fingerprint density at radius 1 is 1.06 bits per heavy atom. The molecule has 3 heterocycles. The maximum Gasteiger partial charge on any atom is 0.433 e. The van der Waals surface area contributed by atoms with Crippen molar-refractivity contribution in [1.29, 1.82) is 0 Å². The lowest BCUT2D eigenvalue weighted by atomic mass is 10.2. The fourth-order valence-corrected chi connectivity index (χ4v) is 5.09. The number of benzene rings is 2. The van der Waals surface area contributed by atoms with Crippen LogP contribution in [0.1, 0.15) is 27.4 Å². The molecule has 2 aromatic carbocycles. The molecule has 0 atom stereocenters. The summed E-state index contributed by atoms with van der Waals surface area (Å²) in [6, 6.07) is 14.0. The number of fused-ring (bicyclic) bond motifs is 2. The minimum absolute atomic E-state index is 0.0839. The van der Waals surface area contributed by atoms with Gasteiger partial charge < -0.3 is 5.32 Å². The average molecular weight is 546 g/mol. The van der Waals surface area contributed by atoms with Gasteiger partial charge in [-0.05, 0) is 77.8 Å². The van der Waals surface area contributed by atoms with Crippen molar-refractivity contribution in [3.05, 3.63) is 75.6 Å². The third-order valence-electron chi connectivity index (χ3n) is 5.10. The highest BCUT2D eigenvalue weighted by Crippen LogP contribution is 2.33. The zero-order chi connectivity index (χ0) is 24.2. The van der Waals surface area contributed by atoms with Gasteiger partial charge in [0, 0.05) is 16.9 Å². The first-order chi connectivity index (χ1) is 16.1. The minimum Gasteiger partial charge on any atom is -0.321 e. The Bertz CT molecular complexity index is 1570. The fraction of sp³-hybridized carbons (Fsp3) is 0.130. The van der Waals surface area contributed by atoms with Gasteiger partial charge in [0.05, 0.1) is 14.7 Å². The van der Waals surface area contributed by atoms with Crippen molar-refractivity contribution in [3.63, 3.8) is 0 Å². The smallest absolute Gasteiger partial charge is 0.321 e. The molecule has 0 saturated heterocycles. The number of aromatic nitrogens is 4. The monoisotopic (exact) mass is 545 g/mol. The SMILES string of the molecule is Cc1ccc2nc(-c3ccc(NC(=O)c4nn5c(C(F)(F)F)cc(C)nc5c4Br)cc3)sc2c1. The summed E-state index contributed by atoms with van der Waals surface area (Å²) in [6.07, 6.45) is -4.65. The molecule has 5 rings (SSSR count). The van der Waals surface area contributed by atoms with E-state index in [9.17, 15) is 18.0 Å². The predicted octanol–water partition coefficient (Wildman–Crippen LogP) is 6.66. The van der Waals surface area contributed by atoms with E-state index >= 15 is 0 Å². The number of thiazole rings is 1. The molecule has 172 valence electrons. The molecule has 3 aromatic heterocycles. The van der Waals surface area contributed by atoms with Gasteiger partial charge in [0.25, 0.3) is 5.91 Å². The first kappa shape index (κ1) is 22.5. The van der Waals surface area contributed by atoms with Crippen molar-refractivity contribution in [2.24, 2.45) is 0 Å². The van der Waals surface area contributed by atoms with Gasteiger partial charge in [-0.15, -0.1) is 11.3 Å². The van der Waals surface area contributed by atoms with E-state index in [2.05, 4.69) is 42.4 Å². The number of hydrogen-bond donors (Lipinski definition) is 1. The van der Waals surface area contributed by atoms with E-state index in [1.54, 1.807) is 23.5 Å². The lowest BCUT2D eigenvalue weighted by Crippen LogP contribution is -2.15. The van der Waals surface area contributed by atoms with Crippen LogP contribution < -0.4 is 5.32 Å². The van der Waals surface area contributed by atoms with Crippen LogP contribution in [0.15, 0.2) is 53.0 Å². The van der Waals surface area contributed by atoms with Crippen molar-refractivity contribution in [1.82, 2.24) is 19.6 Å². The number of anilines is 1. The Morgan fingerprint density at radius 2 is 1.79 bits per heavy atom. The number of carbonyl (C=O) groups excluding carboxylic acids is 1. The molecule has 0 unspecified atom stereocenters. The molecule has 0 aliphatic carbocycles. The number of nitrogens with zero attached hydrogens (tertiary/aromatic N) is 4. The molecule has 5 aromatic rings. The molecular weight excluding hydrogens is 531 g/mol. The van der Waals surface area contributed by atoms with Crippen LogP contribution in [-0.2, 0) is 6.18 Å². The normalized spacial score (nSPS) is 11.9. The van der Waals surface area contributed by atoms with Crippen LogP contribution in [0.5, 0.6) is 0 Å². The summed E-state index contributed by atoms with van der Waals surface area (Å²) < 4.78 is 42.1. The van der Waals surface area contributed by atoms with E-state index < -0.39 is 17.8 Å². The van der Waals surface area contributed by atoms with Crippen LogP contribution in [-0.4, -0.2) is 25.5 Å². The number of amides is 1. The summed E-state index contributed by atoms with van der Waals surface area (Å²) >= 11 is 4.76. The zero-order valence-electron chi connectivity index (χ0n) is 17.7. The van der Waals surface area contributed by atoms with Gasteiger partial charge in [-0.1, -0.05) is 6.07 Å². The molecule has 0 fully saturated rings. The molecule has 0 spiro atoms. The van der Waals surface area contributed by atoms with Gasteiger partial charge >= 0.3 is 6.18 Å². The average Bonchev–Trinajstić information content (AvgIpc) is 3.34. The van der Waals surface area contributed by atoms with Crippen LogP contribution in [0.25, 0.3) is 26.4 Å². The predicted molar refractivity (Wildman–Crippen MR) is 128 cm³/mol. The summed E-state index contributed by atoms with van der Waals surface area (Å²) in [6.45, 7) is 3.47. The summed E-state index contributed by atoms with van der Waals surface area (Å²) in [4.78, 5) is 21.6. The first-order valence-electron chi connectivity index (χ1n) is 10.0. The Morgan fingerprint density at radius 3 is 2.50 bits per heavy atom. The number of alkyl halides is 3. The highest BCUT2D eigenvalue weighted by atomic mass is 79.9. The van der Waals surface area contributed by atoms with Crippen LogP contribution in [0.2, 0.25) is 0 Å². The molecule has 6 nitrogen and oxygen atoms in total. The summed E-state index contributed by atoms with van der Waals surface area (Å²) in [7, 11) is 0. The quantitative estimate of drug-likeness (QED) is 0.275. The highest BCUT2D eigenvalue weighted by molar-refractivity contribution is 9.10. The lowest BCUT2D eigenvalue weighted by molar-refractivity contribution is -0.142. The molecule has 0 radical (unpaired) electrons. The Hall–Kier alpha value is -3.31. The summed E-state index contributed by atoms with van der Waals surface area (Å²) in [5, 5.41) is 7.40. The fourth-order valence-electron chi connectivity index (χ4n) is 3.50. The van der Waals surface area contributed by atoms with Crippen LogP contribution in [0.4, 0.5) is 18.9 Å². The highest BCUT2D eigenvalue weighted by Gasteiger charge is 2.36. The summed E-state index contributed by atoms with van der Waals surface area (Å²) in [5.74, 6) is -0.661. The second kappa shape index (κ2) is 8.17. The second-order valence-electron chi connectivity index (χ2n) is 7.70. The first-order valence-corrected chi connectivity index (χ1v) is 11.6. The molecule has 0 aliphatic heterocycles. The minimum atomic E-state index is -4.65. The molecule has 1 N–H and O–H groups in total. The Kier molecular flexibility index (Phi) is 5.40. The van der Waals surface area contributed by atoms with Crippen molar-refractivity contribution in [2.75, 3.05) is 5.32 Å². The maximum absolute atomic E-state index is 13.4. The molecule has 34 heavy (non-hydrogen) atoms. The Balaban J connectivity index is 1.42. The van der Waals surface area contributed by atoms with Gasteiger partial charge in [-0.3, -0.25) is 4.79 Å². The third-order valence-corrected chi connectivity index (χ3v) is 6.90. The molecule has 0 aliphatic rings. The molecule has 11 heteroatoms. The van der Waals surface area contributed by atoms with Gasteiger partial charge in [0.2, 0.25) is 0 Å². The number of nitrogens with one attached hydrogen (secondary N) is 1. The van der Waals surface area contributed by atoms with Gasteiger partial charge in [-0.2, -0.15) is 18.3 Å². The number of halogens is 4. The van der Waals surface area contributed by atoms with E-state index in [4.69, 9.17) is 0 Å². The number of carbonyl (C=O) groups is 1. The van der Waals surface area contributed by atoms with Crippen molar-refractivity contribution in [3.8, 4) is 10.6 Å². The second-order valence-corrected chi connectivity index (χ2v) is 9.52. The van der Waals surface area contributed by atoms with Crippen molar-refractivity contribution in [2.45, 2.75) is 20.0 Å². The Labute approximate surface area is 203 Å². The lowest BCUT2D eigenvalue weighted by Gasteiger charge is -2.09. The topological polar surface area (TPSA) is 72.2 Å². The van der Waals surface area contributed by atoms with E-state index in [1.165, 1.54) is 6.92 Å². The third kappa shape index (κ3) is 4.05. The number of aryl methyl sites for hydroxylation is 2. The molecule has 0 saturated carbocycles. The van der Waals surface area contributed by atoms with Gasteiger partial charge in [0.1, 0.15) is 10.7 Å². The van der Waals surface area contributed by atoms with E-state index in [0.717, 1.165) is 32.4 Å². The molecule has 0 bridgehead atoms. The van der Waals surface area contributed by atoms with E-state index in [-0.39, 0.29) is 21.5 Å². The van der Waals surface area contributed by atoms with Gasteiger partial charge in [0.15, 0.2) is 11.3 Å². The maximum atomic E-state index is 13.4. The molecule has 1 amide bonds. The van der Waals surface area contributed by atoms with Gasteiger partial charge in [-0.25, -0.2) is 14.5 Å². The van der Waals surface area contributed by atoms with Crippen LogP contribution in [0.3, 0.4) is 0 Å². The van der Waals surface area contributed by atoms with E-state index in [1.807, 2.05) is 31.2 Å². The number of hydrogen-bond acceptors (Lipinski definition) is 5. The van der Waals surface area contributed by atoms with Crippen molar-refractivity contribution >= 4 is 54.7 Å². The summed E-state index contributed by atoms with van der Waals surface area (Å²) in [5.41, 5.74) is 2.30. The van der Waals surface area contributed by atoms with Crippen LogP contribution >= 0.6 is 27.3 Å². The van der Waals surface area contributed by atoms with Crippen molar-refractivity contribution < 1.29 is 18.0 Å². The van der Waals surface area contributed by atoms with E-state index in [0.29, 0.717) is 10.2 Å². The van der Waals surface area contributed by atoms with Crippen LogP contribution in [0, 0.1) is 13.8 Å².